The lowest BCUT2D eigenvalue weighted by Crippen LogP contribution is -2.52. The van der Waals surface area contributed by atoms with Crippen molar-refractivity contribution in [3.8, 4) is 11.8 Å². The minimum Gasteiger partial charge on any atom is -0.388 e. The van der Waals surface area contributed by atoms with E-state index in [0.717, 1.165) is 11.1 Å². The molecule has 6 nitrogen and oxygen atoms in total. The van der Waals surface area contributed by atoms with Crippen molar-refractivity contribution in [3.63, 3.8) is 0 Å². The van der Waals surface area contributed by atoms with Crippen LogP contribution in [0.25, 0.3) is 0 Å². The molecule has 0 unspecified atom stereocenters. The summed E-state index contributed by atoms with van der Waals surface area (Å²) in [6.45, 7) is 1.56. The topological polar surface area (TPSA) is 95.7 Å². The van der Waals surface area contributed by atoms with Crippen LogP contribution in [0, 0.1) is 11.8 Å². The molecule has 1 heterocycles. The highest BCUT2D eigenvalue weighted by Crippen LogP contribution is 2.27. The maximum absolute atomic E-state index is 13.3. The fraction of sp³-hybridized carbons (Fsp3) is 0.360. The van der Waals surface area contributed by atoms with Gasteiger partial charge in [0.15, 0.2) is 5.78 Å². The van der Waals surface area contributed by atoms with Crippen LogP contribution < -0.4 is 11.1 Å². The number of carbonyl (C=O) groups excluding carboxylic acids is 2. The van der Waals surface area contributed by atoms with Crippen LogP contribution in [0.4, 0.5) is 8.78 Å². The minimum absolute atomic E-state index is 0.0927. The van der Waals surface area contributed by atoms with E-state index in [1.807, 2.05) is 24.3 Å². The van der Waals surface area contributed by atoms with Crippen LogP contribution in [-0.2, 0) is 11.3 Å². The van der Waals surface area contributed by atoms with Crippen LogP contribution in [0.3, 0.4) is 0 Å². The van der Waals surface area contributed by atoms with Gasteiger partial charge in [-0.15, -0.1) is 0 Å². The highest BCUT2D eigenvalue weighted by molar-refractivity contribution is 5.98. The molecule has 0 spiro atoms. The van der Waals surface area contributed by atoms with Crippen molar-refractivity contribution < 1.29 is 23.5 Å². The fourth-order valence-corrected chi connectivity index (χ4v) is 3.57. The van der Waals surface area contributed by atoms with Crippen LogP contribution >= 0.6 is 0 Å². The average Bonchev–Trinajstić information content (AvgIpc) is 3.14. The Labute approximate surface area is 191 Å². The number of Topliss-reactive ketones (excluding diaryl/α,β-unsaturated/α-hetero) is 1. The van der Waals surface area contributed by atoms with Gasteiger partial charge in [-0.25, -0.2) is 8.78 Å². The Morgan fingerprint density at radius 3 is 2.18 bits per heavy atom. The van der Waals surface area contributed by atoms with E-state index in [1.165, 1.54) is 0 Å². The van der Waals surface area contributed by atoms with E-state index in [0.29, 0.717) is 24.2 Å². The summed E-state index contributed by atoms with van der Waals surface area (Å²) >= 11 is 0. The molecule has 1 aliphatic heterocycles. The van der Waals surface area contributed by atoms with Gasteiger partial charge in [0.05, 0.1) is 6.54 Å². The number of nitrogens with two attached hydrogens (primary N) is 1. The van der Waals surface area contributed by atoms with E-state index in [4.69, 9.17) is 10.8 Å². The van der Waals surface area contributed by atoms with Crippen molar-refractivity contribution in [1.82, 2.24) is 10.2 Å². The third-order valence-electron chi connectivity index (χ3n) is 5.42. The molecule has 1 amide bonds. The van der Waals surface area contributed by atoms with Gasteiger partial charge in [-0.3, -0.25) is 14.5 Å². The number of alkyl halides is 2. The van der Waals surface area contributed by atoms with Crippen molar-refractivity contribution in [3.05, 3.63) is 70.8 Å². The number of halogens is 2. The molecule has 1 aliphatic rings. The van der Waals surface area contributed by atoms with Gasteiger partial charge in [-0.2, -0.15) is 0 Å². The number of likely N-dealkylation sites (tertiary alicyclic amines) is 1. The number of aliphatic hydroxyl groups is 1. The third kappa shape index (κ3) is 6.93. The minimum atomic E-state index is -2.59. The van der Waals surface area contributed by atoms with E-state index in [1.54, 1.807) is 36.1 Å². The van der Waals surface area contributed by atoms with Crippen molar-refractivity contribution in [2.75, 3.05) is 19.7 Å². The number of ketones is 1. The van der Waals surface area contributed by atoms with Gasteiger partial charge in [0.2, 0.25) is 0 Å². The molecule has 1 saturated heterocycles. The molecule has 2 atom stereocenters. The second-order valence-electron chi connectivity index (χ2n) is 8.28. The lowest BCUT2D eigenvalue weighted by Gasteiger charge is -2.20. The zero-order valence-corrected chi connectivity index (χ0v) is 18.4. The number of nitrogens with one attached hydrogen (secondary N) is 1. The Morgan fingerprint density at radius 1 is 1.12 bits per heavy atom. The summed E-state index contributed by atoms with van der Waals surface area (Å²) in [7, 11) is 0. The van der Waals surface area contributed by atoms with Crippen molar-refractivity contribution in [2.45, 2.75) is 37.9 Å². The highest BCUT2D eigenvalue weighted by Gasteiger charge is 2.37. The molecule has 174 valence electrons. The molecule has 0 aromatic heterocycles. The molecule has 0 radical (unpaired) electrons. The standard InChI is InChI=1S/C25H27F2N3O3/c1-17(28)23(22(32)15-31)29-24(33)21-10-8-19(9-11-21)3-2-18-4-6-20(7-5-18)14-30-13-12-25(26,27)16-30/h4-11,17,23,31H,12-16,28H2,1H3,(H,29,33)/t17-,23+/m1/s1. The molecule has 33 heavy (non-hydrogen) atoms. The van der Waals surface area contributed by atoms with Crippen LogP contribution in [-0.4, -0.2) is 59.4 Å². The predicted molar refractivity (Wildman–Crippen MR) is 121 cm³/mol. The number of carbonyl (C=O) groups is 2. The number of benzene rings is 2. The van der Waals surface area contributed by atoms with Crippen LogP contribution in [0.5, 0.6) is 0 Å². The number of rotatable bonds is 7. The zero-order valence-electron chi connectivity index (χ0n) is 18.4. The van der Waals surface area contributed by atoms with Crippen molar-refractivity contribution in [1.29, 1.82) is 0 Å². The monoisotopic (exact) mass is 455 g/mol. The molecule has 2 aromatic rings. The largest absolute Gasteiger partial charge is 0.388 e. The molecule has 3 rings (SSSR count). The third-order valence-corrected chi connectivity index (χ3v) is 5.42. The van der Waals surface area contributed by atoms with Gasteiger partial charge in [-0.1, -0.05) is 24.0 Å². The summed E-state index contributed by atoms with van der Waals surface area (Å²) in [5.74, 6) is 2.45. The lowest BCUT2D eigenvalue weighted by atomic mass is 10.0. The number of hydrogen-bond acceptors (Lipinski definition) is 5. The van der Waals surface area contributed by atoms with Gasteiger partial charge in [0.25, 0.3) is 11.8 Å². The molecule has 8 heteroatoms. The van der Waals surface area contributed by atoms with E-state index >= 15 is 0 Å². The molecule has 0 bridgehead atoms. The summed E-state index contributed by atoms with van der Waals surface area (Å²) in [6, 6.07) is 12.4. The molecule has 1 fully saturated rings. The number of hydrogen-bond donors (Lipinski definition) is 3. The van der Waals surface area contributed by atoms with Gasteiger partial charge in [0.1, 0.15) is 12.6 Å². The second kappa shape index (κ2) is 10.7. The fourth-order valence-electron chi connectivity index (χ4n) is 3.57. The van der Waals surface area contributed by atoms with Crippen molar-refractivity contribution >= 4 is 11.7 Å². The lowest BCUT2D eigenvalue weighted by molar-refractivity contribution is -0.123. The summed E-state index contributed by atoms with van der Waals surface area (Å²) in [6.07, 6.45) is -0.0927. The normalized spacial score (nSPS) is 17.0. The maximum Gasteiger partial charge on any atom is 0.261 e. The summed E-state index contributed by atoms with van der Waals surface area (Å²) < 4.78 is 26.6. The highest BCUT2D eigenvalue weighted by atomic mass is 19.3. The van der Waals surface area contributed by atoms with Gasteiger partial charge in [-0.05, 0) is 48.9 Å². The maximum atomic E-state index is 13.3. The molecule has 4 N–H and O–H groups in total. The molecule has 2 aromatic carbocycles. The quantitative estimate of drug-likeness (QED) is 0.555. The SMILES string of the molecule is C[C@@H](N)[C@H](NC(=O)c1ccc(C#Cc2ccc(CN3CCC(F)(F)C3)cc2)cc1)C(=O)CO. The van der Waals surface area contributed by atoms with E-state index in [-0.39, 0.29) is 13.0 Å². The Kier molecular flexibility index (Phi) is 7.92. The smallest absolute Gasteiger partial charge is 0.261 e. The first-order chi connectivity index (χ1) is 15.7. The van der Waals surface area contributed by atoms with E-state index in [9.17, 15) is 18.4 Å². The summed E-state index contributed by atoms with van der Waals surface area (Å²) in [5.41, 5.74) is 8.51. The number of nitrogens with zero attached hydrogens (tertiary/aromatic N) is 1. The molecule has 0 saturated carbocycles. The molecule has 0 aliphatic carbocycles. The zero-order chi connectivity index (χ0) is 24.0. The van der Waals surface area contributed by atoms with Gasteiger partial charge >= 0.3 is 0 Å². The van der Waals surface area contributed by atoms with Crippen LogP contribution in [0.15, 0.2) is 48.5 Å². The number of aliphatic hydroxyl groups excluding tert-OH is 1. The average molecular weight is 456 g/mol. The van der Waals surface area contributed by atoms with Crippen LogP contribution in [0.2, 0.25) is 0 Å². The number of amides is 1. The van der Waals surface area contributed by atoms with Crippen LogP contribution in [0.1, 0.15) is 40.4 Å². The Morgan fingerprint density at radius 2 is 1.70 bits per heavy atom. The first kappa shape index (κ1) is 24.5. The Hall–Kier alpha value is -3.12. The van der Waals surface area contributed by atoms with Crippen molar-refractivity contribution in [2.24, 2.45) is 5.73 Å². The predicted octanol–water partition coefficient (Wildman–Crippen LogP) is 1.93. The van der Waals surface area contributed by atoms with E-state index in [2.05, 4.69) is 17.2 Å². The van der Waals surface area contributed by atoms with E-state index < -0.39 is 36.3 Å². The molecular weight excluding hydrogens is 428 g/mol. The molecular formula is C25H27F2N3O3. The Bertz CT molecular complexity index is 1040. The first-order valence-corrected chi connectivity index (χ1v) is 10.7. The van der Waals surface area contributed by atoms with Gasteiger partial charge < -0.3 is 16.2 Å². The second-order valence-corrected chi connectivity index (χ2v) is 8.28. The summed E-state index contributed by atoms with van der Waals surface area (Å²) in [5, 5.41) is 11.6. The Balaban J connectivity index is 1.58. The summed E-state index contributed by atoms with van der Waals surface area (Å²) in [4.78, 5) is 25.9. The first-order valence-electron chi connectivity index (χ1n) is 10.7. The van der Waals surface area contributed by atoms with Gasteiger partial charge in [0, 0.05) is 42.2 Å².